The van der Waals surface area contributed by atoms with Gasteiger partial charge < -0.3 is 16.0 Å². The van der Waals surface area contributed by atoms with Crippen molar-refractivity contribution in [2.75, 3.05) is 19.6 Å². The van der Waals surface area contributed by atoms with E-state index in [0.29, 0.717) is 0 Å². The number of nitrogens with zero attached hydrogens (tertiary/aromatic N) is 1. The number of carbonyl (C=O) groups is 2. The van der Waals surface area contributed by atoms with Crippen molar-refractivity contribution in [3.05, 3.63) is 0 Å². The molecule has 1 saturated heterocycles. The molecule has 0 aromatic heterocycles. The highest BCUT2D eigenvalue weighted by atomic mass is 16.2. The molecule has 5 nitrogen and oxygen atoms in total. The minimum absolute atomic E-state index is 0.00231. The molecule has 0 saturated carbocycles. The first-order chi connectivity index (χ1) is 7.02. The normalized spacial score (nSPS) is 20.6. The molecule has 1 atom stereocenters. The molecule has 0 aromatic carbocycles. The maximum atomic E-state index is 11.9. The van der Waals surface area contributed by atoms with Gasteiger partial charge >= 0.3 is 0 Å². The lowest BCUT2D eigenvalue weighted by Gasteiger charge is -2.28. The number of rotatable bonds is 4. The predicted molar refractivity (Wildman–Crippen MR) is 57.0 cm³/mol. The zero-order valence-corrected chi connectivity index (χ0v) is 9.32. The Morgan fingerprint density at radius 2 is 2.20 bits per heavy atom. The lowest BCUT2D eigenvalue weighted by molar-refractivity contribution is -0.139. The van der Waals surface area contributed by atoms with Gasteiger partial charge in [-0.05, 0) is 13.0 Å². The molecule has 5 heteroatoms. The Balaban J connectivity index is 2.67. The van der Waals surface area contributed by atoms with E-state index in [-0.39, 0.29) is 24.4 Å². The van der Waals surface area contributed by atoms with Gasteiger partial charge in [-0.15, -0.1) is 0 Å². The number of nitrogens with one attached hydrogen (secondary N) is 1. The van der Waals surface area contributed by atoms with Crippen LogP contribution in [0.2, 0.25) is 0 Å². The van der Waals surface area contributed by atoms with Crippen molar-refractivity contribution in [2.24, 2.45) is 11.7 Å². The van der Waals surface area contributed by atoms with Gasteiger partial charge in [0.1, 0.15) is 0 Å². The van der Waals surface area contributed by atoms with Gasteiger partial charge in [0.05, 0.1) is 6.54 Å². The Morgan fingerprint density at radius 1 is 1.53 bits per heavy atom. The fraction of sp³-hybridized carbons (Fsp3) is 0.800. The molecule has 0 spiro atoms. The highest BCUT2D eigenvalue weighted by molar-refractivity contribution is 5.85. The van der Waals surface area contributed by atoms with E-state index in [1.165, 1.54) is 0 Å². The van der Waals surface area contributed by atoms with E-state index in [9.17, 15) is 9.59 Å². The third-order valence-electron chi connectivity index (χ3n) is 2.58. The van der Waals surface area contributed by atoms with Crippen LogP contribution in [-0.2, 0) is 9.59 Å². The van der Waals surface area contributed by atoms with Gasteiger partial charge in [-0.2, -0.15) is 0 Å². The van der Waals surface area contributed by atoms with Crippen LogP contribution < -0.4 is 11.1 Å². The first-order valence-corrected chi connectivity index (χ1v) is 5.32. The Morgan fingerprint density at radius 3 is 2.60 bits per heavy atom. The molecule has 1 heterocycles. The van der Waals surface area contributed by atoms with Crippen LogP contribution in [0.15, 0.2) is 0 Å². The van der Waals surface area contributed by atoms with Crippen LogP contribution in [0.25, 0.3) is 0 Å². The average molecular weight is 213 g/mol. The van der Waals surface area contributed by atoms with E-state index in [2.05, 4.69) is 5.32 Å². The lowest BCUT2D eigenvalue weighted by Crippen LogP contribution is -2.47. The van der Waals surface area contributed by atoms with Gasteiger partial charge in [-0.3, -0.25) is 9.59 Å². The van der Waals surface area contributed by atoms with Crippen LogP contribution >= 0.6 is 0 Å². The number of hydrogen-bond acceptors (Lipinski definition) is 3. The molecule has 1 unspecified atom stereocenters. The maximum Gasteiger partial charge on any atom is 0.237 e. The minimum atomic E-state index is -0.448. The van der Waals surface area contributed by atoms with Gasteiger partial charge in [0, 0.05) is 18.5 Å². The number of primary amides is 1. The van der Waals surface area contributed by atoms with Crippen LogP contribution in [0, 0.1) is 5.92 Å². The summed E-state index contributed by atoms with van der Waals surface area (Å²) in [6, 6.07) is 0.118. The first kappa shape index (κ1) is 12.0. The lowest BCUT2D eigenvalue weighted by atomic mass is 10.1. The van der Waals surface area contributed by atoms with Crippen LogP contribution in [0.4, 0.5) is 0 Å². The van der Waals surface area contributed by atoms with Crippen molar-refractivity contribution in [3.63, 3.8) is 0 Å². The van der Waals surface area contributed by atoms with Crippen molar-refractivity contribution in [1.29, 1.82) is 0 Å². The summed E-state index contributed by atoms with van der Waals surface area (Å²) in [5.74, 6) is -0.539. The van der Waals surface area contributed by atoms with E-state index in [0.717, 1.165) is 19.5 Å². The molecular weight excluding hydrogens is 194 g/mol. The second-order valence-electron chi connectivity index (χ2n) is 4.23. The summed E-state index contributed by atoms with van der Waals surface area (Å²) in [5, 5.41) is 3.17. The number of nitrogens with two attached hydrogens (primary N) is 1. The standard InChI is InChI=1S/C10H19N3O2/c1-7(2)10(15)13(6-9(11)14)8-3-4-12-5-8/h7-8,12H,3-6H2,1-2H3,(H2,11,14). The van der Waals surface area contributed by atoms with Crippen LogP contribution in [0.1, 0.15) is 20.3 Å². The van der Waals surface area contributed by atoms with Crippen LogP contribution in [-0.4, -0.2) is 42.4 Å². The topological polar surface area (TPSA) is 75.4 Å². The smallest absolute Gasteiger partial charge is 0.237 e. The van der Waals surface area contributed by atoms with E-state index in [1.807, 2.05) is 13.8 Å². The third-order valence-corrected chi connectivity index (χ3v) is 2.58. The van der Waals surface area contributed by atoms with Crippen molar-refractivity contribution in [2.45, 2.75) is 26.3 Å². The van der Waals surface area contributed by atoms with Gasteiger partial charge in [-0.25, -0.2) is 0 Å². The number of hydrogen-bond donors (Lipinski definition) is 2. The highest BCUT2D eigenvalue weighted by Gasteiger charge is 2.28. The fourth-order valence-corrected chi connectivity index (χ4v) is 1.79. The quantitative estimate of drug-likeness (QED) is 0.649. The maximum absolute atomic E-state index is 11.9. The molecular formula is C10H19N3O2. The molecule has 86 valence electrons. The first-order valence-electron chi connectivity index (χ1n) is 5.32. The Kier molecular flexibility index (Phi) is 4.08. The molecule has 1 aliphatic heterocycles. The van der Waals surface area contributed by atoms with Crippen molar-refractivity contribution < 1.29 is 9.59 Å². The van der Waals surface area contributed by atoms with Gasteiger partial charge in [0.2, 0.25) is 11.8 Å². The average Bonchev–Trinajstić information content (AvgIpc) is 2.65. The zero-order valence-electron chi connectivity index (χ0n) is 9.32. The van der Waals surface area contributed by atoms with E-state index >= 15 is 0 Å². The summed E-state index contributed by atoms with van der Waals surface area (Å²) >= 11 is 0. The highest BCUT2D eigenvalue weighted by Crippen LogP contribution is 2.12. The van der Waals surface area contributed by atoms with Gasteiger partial charge in [0.15, 0.2) is 0 Å². The summed E-state index contributed by atoms with van der Waals surface area (Å²) < 4.78 is 0. The van der Waals surface area contributed by atoms with Crippen molar-refractivity contribution in [3.8, 4) is 0 Å². The Labute approximate surface area is 90.0 Å². The van der Waals surface area contributed by atoms with Crippen molar-refractivity contribution in [1.82, 2.24) is 10.2 Å². The minimum Gasteiger partial charge on any atom is -0.368 e. The van der Waals surface area contributed by atoms with Gasteiger partial charge in [0.25, 0.3) is 0 Å². The summed E-state index contributed by atoms with van der Waals surface area (Å²) in [6.07, 6.45) is 0.895. The molecule has 2 amide bonds. The predicted octanol–water partition coefficient (Wildman–Crippen LogP) is -0.682. The monoisotopic (exact) mass is 213 g/mol. The Bertz CT molecular complexity index is 247. The fourth-order valence-electron chi connectivity index (χ4n) is 1.79. The molecule has 0 aliphatic carbocycles. The second kappa shape index (κ2) is 5.11. The molecule has 1 rings (SSSR count). The van der Waals surface area contributed by atoms with Crippen molar-refractivity contribution >= 4 is 11.8 Å². The van der Waals surface area contributed by atoms with E-state index < -0.39 is 5.91 Å². The van der Waals surface area contributed by atoms with E-state index in [4.69, 9.17) is 5.73 Å². The second-order valence-corrected chi connectivity index (χ2v) is 4.23. The summed E-state index contributed by atoms with van der Waals surface area (Å²) in [5.41, 5.74) is 5.15. The molecule has 0 aromatic rings. The largest absolute Gasteiger partial charge is 0.368 e. The number of carbonyl (C=O) groups excluding carboxylic acids is 2. The molecule has 3 N–H and O–H groups in total. The Hall–Kier alpha value is -1.10. The summed E-state index contributed by atoms with van der Waals surface area (Å²) in [7, 11) is 0. The zero-order chi connectivity index (χ0) is 11.4. The van der Waals surface area contributed by atoms with Crippen LogP contribution in [0.3, 0.4) is 0 Å². The summed E-state index contributed by atoms with van der Waals surface area (Å²) in [4.78, 5) is 24.4. The number of amides is 2. The van der Waals surface area contributed by atoms with Crippen LogP contribution in [0.5, 0.6) is 0 Å². The molecule has 0 radical (unpaired) electrons. The summed E-state index contributed by atoms with van der Waals surface area (Å²) in [6.45, 7) is 5.35. The van der Waals surface area contributed by atoms with E-state index in [1.54, 1.807) is 4.90 Å². The third kappa shape index (κ3) is 3.20. The SMILES string of the molecule is CC(C)C(=O)N(CC(N)=O)C1CCNC1. The molecule has 0 bridgehead atoms. The molecule has 1 fully saturated rings. The van der Waals surface area contributed by atoms with Gasteiger partial charge in [-0.1, -0.05) is 13.8 Å². The molecule has 1 aliphatic rings. The molecule has 15 heavy (non-hydrogen) atoms.